The Hall–Kier alpha value is -2.16. The summed E-state index contributed by atoms with van der Waals surface area (Å²) in [5.41, 5.74) is 0.903. The predicted molar refractivity (Wildman–Crippen MR) is 118 cm³/mol. The fraction of sp³-hybridized carbons (Fsp3) is 0.350. The van der Waals surface area contributed by atoms with Crippen molar-refractivity contribution in [2.75, 3.05) is 10.0 Å². The molecule has 0 radical (unpaired) electrons. The Kier molecular flexibility index (Phi) is 6.13. The van der Waals surface area contributed by atoms with Gasteiger partial charge >= 0.3 is 0 Å². The van der Waals surface area contributed by atoms with Crippen molar-refractivity contribution in [1.82, 2.24) is 9.97 Å². The summed E-state index contributed by atoms with van der Waals surface area (Å²) in [6.45, 7) is 7.37. The van der Waals surface area contributed by atoms with Crippen molar-refractivity contribution >= 4 is 50.6 Å². The largest absolute Gasteiger partial charge is 0.326 e. The van der Waals surface area contributed by atoms with Crippen molar-refractivity contribution in [3.63, 3.8) is 0 Å². The second-order valence-electron chi connectivity index (χ2n) is 7.84. The summed E-state index contributed by atoms with van der Waals surface area (Å²) >= 11 is 11.5. The number of anilines is 2. The van der Waals surface area contributed by atoms with Gasteiger partial charge in [-0.15, -0.1) is 0 Å². The number of allylic oxidation sites excluding steroid dienone is 1. The first-order valence-corrected chi connectivity index (χ1v) is 11.4. The maximum atomic E-state index is 12.6. The van der Waals surface area contributed by atoms with E-state index in [1.807, 2.05) is 13.8 Å². The molecule has 30 heavy (non-hydrogen) atoms. The van der Waals surface area contributed by atoms with Crippen LogP contribution in [0.15, 0.2) is 45.8 Å². The molecule has 1 aliphatic rings. The van der Waals surface area contributed by atoms with Gasteiger partial charge in [0.1, 0.15) is 16.1 Å². The van der Waals surface area contributed by atoms with E-state index in [1.165, 1.54) is 24.3 Å². The van der Waals surface area contributed by atoms with E-state index >= 15 is 0 Å². The number of aryl methyl sites for hydroxylation is 2. The molecule has 0 saturated heterocycles. The van der Waals surface area contributed by atoms with Gasteiger partial charge in [-0.3, -0.25) is 9.52 Å². The minimum atomic E-state index is -3.83. The summed E-state index contributed by atoms with van der Waals surface area (Å²) in [5.74, 6) is 0.185. The molecular weight excluding hydrogens is 447 g/mol. The molecule has 2 N–H and O–H groups in total. The van der Waals surface area contributed by atoms with E-state index < -0.39 is 10.0 Å². The van der Waals surface area contributed by atoms with Gasteiger partial charge in [-0.2, -0.15) is 0 Å². The molecule has 0 spiro atoms. The average Bonchev–Trinajstić information content (AvgIpc) is 3.13. The molecule has 0 aliphatic heterocycles. The normalized spacial score (nSPS) is 19.7. The van der Waals surface area contributed by atoms with E-state index in [2.05, 4.69) is 20.0 Å². The van der Waals surface area contributed by atoms with Gasteiger partial charge in [0.2, 0.25) is 5.91 Å². The number of carbonyl (C=O) groups excluding carboxylic acids is 1. The van der Waals surface area contributed by atoms with Crippen LogP contribution < -0.4 is 10.0 Å². The number of halogens is 2. The quantitative estimate of drug-likeness (QED) is 0.652. The predicted octanol–water partition coefficient (Wildman–Crippen LogP) is 4.42. The lowest BCUT2D eigenvalue weighted by atomic mass is 10.1. The summed E-state index contributed by atoms with van der Waals surface area (Å²) in [7, 11) is -3.83. The molecule has 1 amide bonds. The van der Waals surface area contributed by atoms with Crippen LogP contribution in [0.1, 0.15) is 25.4 Å². The number of benzene rings is 1. The zero-order valence-electron chi connectivity index (χ0n) is 16.9. The number of aromatic nitrogens is 2. The third-order valence-corrected chi connectivity index (χ3v) is 6.76. The average molecular weight is 469 g/mol. The summed E-state index contributed by atoms with van der Waals surface area (Å²) < 4.78 is 27.8. The Bertz CT molecular complexity index is 1090. The van der Waals surface area contributed by atoms with Crippen LogP contribution in [-0.4, -0.2) is 24.3 Å². The van der Waals surface area contributed by atoms with Crippen LogP contribution in [0.2, 0.25) is 0 Å². The van der Waals surface area contributed by atoms with E-state index in [9.17, 15) is 13.2 Å². The molecule has 1 fully saturated rings. The molecule has 3 rings (SSSR count). The summed E-state index contributed by atoms with van der Waals surface area (Å²) in [5, 5.41) is 2.82. The van der Waals surface area contributed by atoms with E-state index in [-0.39, 0.29) is 38.4 Å². The minimum absolute atomic E-state index is 0.0499. The summed E-state index contributed by atoms with van der Waals surface area (Å²) in [6.07, 6.45) is 1.67. The van der Waals surface area contributed by atoms with E-state index in [0.717, 1.165) is 0 Å². The maximum absolute atomic E-state index is 12.6. The molecule has 0 unspecified atom stereocenters. The van der Waals surface area contributed by atoms with Gasteiger partial charge in [-0.1, -0.05) is 37.0 Å². The van der Waals surface area contributed by atoms with Gasteiger partial charge in [0.15, 0.2) is 0 Å². The fourth-order valence-electron chi connectivity index (χ4n) is 3.53. The molecule has 1 saturated carbocycles. The first-order chi connectivity index (χ1) is 13.9. The van der Waals surface area contributed by atoms with Crippen LogP contribution >= 0.6 is 23.2 Å². The number of hydrogen-bond acceptors (Lipinski definition) is 5. The number of hydrogen-bond donors (Lipinski definition) is 2. The molecule has 2 atom stereocenters. The number of sulfonamides is 1. The van der Waals surface area contributed by atoms with Crippen LogP contribution in [0.5, 0.6) is 0 Å². The number of nitrogens with zero attached hydrogens (tertiary/aromatic N) is 2. The molecule has 2 aromatic rings. The molecule has 160 valence electrons. The van der Waals surface area contributed by atoms with Crippen molar-refractivity contribution in [2.45, 2.75) is 32.6 Å². The van der Waals surface area contributed by atoms with Gasteiger partial charge < -0.3 is 5.32 Å². The number of carbonyl (C=O) groups is 1. The Morgan fingerprint density at radius 3 is 2.33 bits per heavy atom. The molecule has 7 nitrogen and oxygen atoms in total. The first kappa shape index (κ1) is 22.5. The Morgan fingerprint density at radius 1 is 1.13 bits per heavy atom. The molecule has 1 aromatic heterocycles. The van der Waals surface area contributed by atoms with Gasteiger partial charge in [0, 0.05) is 17.4 Å². The highest BCUT2D eigenvalue weighted by molar-refractivity contribution is 7.92. The minimum Gasteiger partial charge on any atom is -0.326 e. The van der Waals surface area contributed by atoms with Crippen LogP contribution in [-0.2, 0) is 14.8 Å². The van der Waals surface area contributed by atoms with Crippen LogP contribution in [0.3, 0.4) is 0 Å². The van der Waals surface area contributed by atoms with Gasteiger partial charge in [0.25, 0.3) is 10.0 Å². The molecular formula is C20H22Cl2N4O3S. The first-order valence-electron chi connectivity index (χ1n) is 9.19. The summed E-state index contributed by atoms with van der Waals surface area (Å²) in [6, 6.07) is 7.47. The van der Waals surface area contributed by atoms with Crippen LogP contribution in [0.4, 0.5) is 11.5 Å². The van der Waals surface area contributed by atoms with Gasteiger partial charge in [-0.05, 0) is 55.5 Å². The molecule has 1 aromatic carbocycles. The third kappa shape index (κ3) is 4.94. The van der Waals surface area contributed by atoms with Crippen molar-refractivity contribution in [2.24, 2.45) is 17.3 Å². The van der Waals surface area contributed by atoms with Crippen molar-refractivity contribution in [1.29, 1.82) is 0 Å². The topological polar surface area (TPSA) is 101 Å². The van der Waals surface area contributed by atoms with Gasteiger partial charge in [0.05, 0.1) is 10.8 Å². The Balaban J connectivity index is 1.70. The lowest BCUT2D eigenvalue weighted by Gasteiger charge is -2.10. The van der Waals surface area contributed by atoms with Crippen molar-refractivity contribution in [3.8, 4) is 0 Å². The second kappa shape index (κ2) is 8.17. The van der Waals surface area contributed by atoms with Gasteiger partial charge in [-0.25, -0.2) is 18.4 Å². The highest BCUT2D eigenvalue weighted by Gasteiger charge is 2.60. The zero-order chi connectivity index (χ0) is 22.3. The smallest absolute Gasteiger partial charge is 0.263 e. The molecule has 1 heterocycles. The lowest BCUT2D eigenvalue weighted by molar-refractivity contribution is -0.118. The van der Waals surface area contributed by atoms with Crippen LogP contribution in [0, 0.1) is 31.1 Å². The Morgan fingerprint density at radius 2 is 1.77 bits per heavy atom. The molecule has 0 bridgehead atoms. The molecule has 1 aliphatic carbocycles. The Labute approximate surface area is 186 Å². The van der Waals surface area contributed by atoms with Crippen molar-refractivity contribution in [3.05, 3.63) is 52.4 Å². The highest BCUT2D eigenvalue weighted by Crippen LogP contribution is 2.60. The van der Waals surface area contributed by atoms with E-state index in [1.54, 1.807) is 26.0 Å². The number of nitrogens with one attached hydrogen (secondary N) is 2. The van der Waals surface area contributed by atoms with Crippen molar-refractivity contribution < 1.29 is 13.2 Å². The summed E-state index contributed by atoms with van der Waals surface area (Å²) in [4.78, 5) is 20.9. The molecule has 10 heteroatoms. The van der Waals surface area contributed by atoms with Crippen LogP contribution in [0.25, 0.3) is 0 Å². The maximum Gasteiger partial charge on any atom is 0.263 e. The highest BCUT2D eigenvalue weighted by atomic mass is 35.5. The standard InChI is InChI=1S/C20H22Cl2N4O3S/c1-11-9-17(24-12(2)23-11)26-30(28,29)14-7-5-13(6-8-14)25-19(27)18-15(10-16(21)22)20(18,3)4/h5-10,15,18H,1-4H3,(H,25,27)(H,23,24,26)/t15-,18-/m1/s1. The monoisotopic (exact) mass is 468 g/mol. The van der Waals surface area contributed by atoms with E-state index in [4.69, 9.17) is 23.2 Å². The SMILES string of the molecule is Cc1cc(NS(=O)(=O)c2ccc(NC(=O)[C@H]3[C@@H](C=C(Cl)Cl)C3(C)C)cc2)nc(C)n1. The fourth-order valence-corrected chi connectivity index (χ4v) is 4.79. The second-order valence-corrected chi connectivity index (χ2v) is 10.5. The van der Waals surface area contributed by atoms with E-state index in [0.29, 0.717) is 17.2 Å². The lowest BCUT2D eigenvalue weighted by Crippen LogP contribution is -2.17. The number of amides is 1. The zero-order valence-corrected chi connectivity index (χ0v) is 19.2. The third-order valence-electron chi connectivity index (χ3n) is 5.14. The number of rotatable bonds is 6.